The average molecular weight is 356 g/mol. The highest BCUT2D eigenvalue weighted by Gasteiger charge is 2.55. The lowest BCUT2D eigenvalue weighted by Crippen LogP contribution is -2.54. The third-order valence-corrected chi connectivity index (χ3v) is 6.07. The zero-order chi connectivity index (χ0) is 18.9. The van der Waals surface area contributed by atoms with E-state index in [-0.39, 0.29) is 24.2 Å². The molecule has 0 unspecified atom stereocenters. The first-order chi connectivity index (χ1) is 12.4. The monoisotopic (exact) mass is 356 g/mol. The molecule has 5 nitrogen and oxygen atoms in total. The first-order valence-corrected chi connectivity index (χ1v) is 9.72. The molecule has 1 aromatic carbocycles. The topological polar surface area (TPSA) is 66.5 Å². The number of amides is 3. The number of carbonyl (C=O) groups is 3. The van der Waals surface area contributed by atoms with Crippen LogP contribution in [-0.2, 0) is 17.6 Å². The molecule has 5 heteroatoms. The minimum absolute atomic E-state index is 0.0995. The molecule has 3 rings (SSSR count). The van der Waals surface area contributed by atoms with E-state index >= 15 is 0 Å². The van der Waals surface area contributed by atoms with E-state index in [0.717, 1.165) is 48.1 Å². The molecule has 1 N–H and O–H groups in total. The molecule has 140 valence electrons. The standard InChI is InChI=1S/C21H28N2O3/c1-4-15-9-10-16(5-2)17(12-15)18(24)13-23-19(25)21(22-20(23)26)11-7-6-8-14(21)3/h9-10,12,14H,4-8,11,13H2,1-3H3,(H,22,26)/t14-,21-/m0/s1. The Kier molecular flexibility index (Phi) is 5.17. The van der Waals surface area contributed by atoms with Gasteiger partial charge in [0.25, 0.3) is 5.91 Å². The molecule has 26 heavy (non-hydrogen) atoms. The first-order valence-electron chi connectivity index (χ1n) is 9.72. The van der Waals surface area contributed by atoms with Crippen molar-refractivity contribution in [3.8, 4) is 0 Å². The number of nitrogens with one attached hydrogen (secondary N) is 1. The van der Waals surface area contributed by atoms with Gasteiger partial charge in [-0.1, -0.05) is 45.7 Å². The van der Waals surface area contributed by atoms with Crippen molar-refractivity contribution in [2.75, 3.05) is 6.54 Å². The van der Waals surface area contributed by atoms with Crippen molar-refractivity contribution in [3.05, 3.63) is 34.9 Å². The summed E-state index contributed by atoms with van der Waals surface area (Å²) in [6, 6.07) is 5.48. The van der Waals surface area contributed by atoms with Gasteiger partial charge < -0.3 is 5.32 Å². The highest BCUT2D eigenvalue weighted by Crippen LogP contribution is 2.38. The van der Waals surface area contributed by atoms with Crippen molar-refractivity contribution in [1.82, 2.24) is 10.2 Å². The summed E-state index contributed by atoms with van der Waals surface area (Å²) >= 11 is 0. The van der Waals surface area contributed by atoms with E-state index in [2.05, 4.69) is 5.32 Å². The third kappa shape index (κ3) is 3.04. The summed E-state index contributed by atoms with van der Waals surface area (Å²) in [6.07, 6.45) is 5.17. The second kappa shape index (κ2) is 7.22. The van der Waals surface area contributed by atoms with E-state index in [1.165, 1.54) is 0 Å². The Hall–Kier alpha value is -2.17. The van der Waals surface area contributed by atoms with Crippen LogP contribution < -0.4 is 5.32 Å². The van der Waals surface area contributed by atoms with Gasteiger partial charge in [-0.2, -0.15) is 0 Å². The summed E-state index contributed by atoms with van der Waals surface area (Å²) in [6.45, 7) is 5.88. The number of benzene rings is 1. The summed E-state index contributed by atoms with van der Waals surface area (Å²) in [7, 11) is 0. The van der Waals surface area contributed by atoms with Crippen molar-refractivity contribution in [1.29, 1.82) is 0 Å². The van der Waals surface area contributed by atoms with Crippen molar-refractivity contribution in [2.24, 2.45) is 5.92 Å². The zero-order valence-electron chi connectivity index (χ0n) is 15.9. The van der Waals surface area contributed by atoms with E-state index in [9.17, 15) is 14.4 Å². The lowest BCUT2D eigenvalue weighted by Gasteiger charge is -2.36. The maximum atomic E-state index is 13.0. The maximum absolute atomic E-state index is 13.0. The molecule has 1 saturated carbocycles. The molecule has 1 aromatic rings. The molecule has 1 aliphatic heterocycles. The number of aryl methyl sites for hydroxylation is 2. The smallest absolute Gasteiger partial charge is 0.323 e. The normalized spacial score (nSPS) is 25.7. The van der Waals surface area contributed by atoms with Gasteiger partial charge in [0.05, 0.1) is 6.54 Å². The molecular weight excluding hydrogens is 328 g/mol. The quantitative estimate of drug-likeness (QED) is 0.649. The zero-order valence-corrected chi connectivity index (χ0v) is 15.9. The van der Waals surface area contributed by atoms with Gasteiger partial charge in [0.1, 0.15) is 5.54 Å². The Labute approximate surface area is 155 Å². The van der Waals surface area contributed by atoms with Gasteiger partial charge in [-0.3, -0.25) is 14.5 Å². The average Bonchev–Trinajstić information content (AvgIpc) is 2.88. The highest BCUT2D eigenvalue weighted by molar-refractivity contribution is 6.11. The van der Waals surface area contributed by atoms with Crippen LogP contribution >= 0.6 is 0 Å². The van der Waals surface area contributed by atoms with Gasteiger partial charge in [-0.25, -0.2) is 4.79 Å². The van der Waals surface area contributed by atoms with Gasteiger partial charge in [0.2, 0.25) is 0 Å². The molecule has 0 radical (unpaired) electrons. The predicted octanol–water partition coefficient (Wildman–Crippen LogP) is 3.49. The second-order valence-electron chi connectivity index (χ2n) is 7.56. The molecule has 0 aromatic heterocycles. The molecule has 2 aliphatic rings. The highest BCUT2D eigenvalue weighted by atomic mass is 16.2. The van der Waals surface area contributed by atoms with Gasteiger partial charge in [-0.05, 0) is 48.8 Å². The number of carbonyl (C=O) groups excluding carboxylic acids is 3. The summed E-state index contributed by atoms with van der Waals surface area (Å²) in [5.74, 6) is -0.295. The SMILES string of the molecule is CCc1ccc(CC)c(C(=O)CN2C(=O)N[C@]3(CCCC[C@@H]3C)C2=O)c1. The fourth-order valence-corrected chi connectivity index (χ4v) is 4.28. The molecule has 2 fully saturated rings. The number of hydrogen-bond acceptors (Lipinski definition) is 3. The van der Waals surface area contributed by atoms with Crippen molar-refractivity contribution < 1.29 is 14.4 Å². The third-order valence-electron chi connectivity index (χ3n) is 6.07. The van der Waals surface area contributed by atoms with Crippen LogP contribution in [0.4, 0.5) is 4.79 Å². The Morgan fingerprint density at radius 2 is 2.00 bits per heavy atom. The Morgan fingerprint density at radius 1 is 1.23 bits per heavy atom. The molecule has 1 spiro atoms. The van der Waals surface area contributed by atoms with E-state index in [0.29, 0.717) is 12.0 Å². The summed E-state index contributed by atoms with van der Waals surface area (Å²) in [4.78, 5) is 39.6. The summed E-state index contributed by atoms with van der Waals surface area (Å²) < 4.78 is 0. The van der Waals surface area contributed by atoms with Crippen molar-refractivity contribution in [2.45, 2.75) is 64.8 Å². The van der Waals surface area contributed by atoms with Gasteiger partial charge in [-0.15, -0.1) is 0 Å². The molecular formula is C21H28N2O3. The van der Waals surface area contributed by atoms with Crippen LogP contribution in [0, 0.1) is 5.92 Å². The minimum Gasteiger partial charge on any atom is -0.323 e. The van der Waals surface area contributed by atoms with Crippen LogP contribution in [0.2, 0.25) is 0 Å². The summed E-state index contributed by atoms with van der Waals surface area (Å²) in [5.41, 5.74) is 1.86. The number of Topliss-reactive ketones (excluding diaryl/α,β-unsaturated/α-hetero) is 1. The van der Waals surface area contributed by atoms with Crippen LogP contribution in [0.1, 0.15) is 67.9 Å². The molecule has 3 amide bonds. The molecule has 0 bridgehead atoms. The Morgan fingerprint density at radius 3 is 2.65 bits per heavy atom. The van der Waals surface area contributed by atoms with Crippen LogP contribution in [-0.4, -0.2) is 34.7 Å². The van der Waals surface area contributed by atoms with Crippen molar-refractivity contribution in [3.63, 3.8) is 0 Å². The van der Waals surface area contributed by atoms with Gasteiger partial charge in [0, 0.05) is 5.56 Å². The summed E-state index contributed by atoms with van der Waals surface area (Å²) in [5, 5.41) is 2.91. The van der Waals surface area contributed by atoms with Crippen LogP contribution in [0.25, 0.3) is 0 Å². The fraction of sp³-hybridized carbons (Fsp3) is 0.571. The number of imide groups is 1. The van der Waals surface area contributed by atoms with Crippen molar-refractivity contribution >= 4 is 17.7 Å². The first kappa shape index (κ1) is 18.6. The Bertz CT molecular complexity index is 743. The number of rotatable bonds is 5. The number of nitrogens with zero attached hydrogens (tertiary/aromatic N) is 1. The molecule has 1 aliphatic carbocycles. The maximum Gasteiger partial charge on any atom is 0.325 e. The van der Waals surface area contributed by atoms with Crippen LogP contribution in [0.3, 0.4) is 0 Å². The fourth-order valence-electron chi connectivity index (χ4n) is 4.28. The minimum atomic E-state index is -0.811. The van der Waals surface area contributed by atoms with Gasteiger partial charge >= 0.3 is 6.03 Å². The molecule has 2 atom stereocenters. The number of hydrogen-bond donors (Lipinski definition) is 1. The van der Waals surface area contributed by atoms with E-state index in [1.807, 2.05) is 39.0 Å². The van der Waals surface area contributed by atoms with Gasteiger partial charge in [0.15, 0.2) is 5.78 Å². The molecule has 1 heterocycles. The van der Waals surface area contributed by atoms with E-state index in [4.69, 9.17) is 0 Å². The lowest BCUT2D eigenvalue weighted by molar-refractivity contribution is -0.133. The second-order valence-corrected chi connectivity index (χ2v) is 7.56. The van der Waals surface area contributed by atoms with Crippen LogP contribution in [0.5, 0.6) is 0 Å². The predicted molar refractivity (Wildman–Crippen MR) is 100 cm³/mol. The Balaban J connectivity index is 1.84. The lowest BCUT2D eigenvalue weighted by atomic mass is 9.73. The molecule has 1 saturated heterocycles. The van der Waals surface area contributed by atoms with Crippen LogP contribution in [0.15, 0.2) is 18.2 Å². The van der Waals surface area contributed by atoms with E-state index < -0.39 is 11.6 Å². The number of ketones is 1. The van der Waals surface area contributed by atoms with E-state index in [1.54, 1.807) is 0 Å². The largest absolute Gasteiger partial charge is 0.325 e. The number of urea groups is 1.